The van der Waals surface area contributed by atoms with E-state index in [0.29, 0.717) is 5.69 Å². The van der Waals surface area contributed by atoms with E-state index < -0.39 is 9.84 Å². The van der Waals surface area contributed by atoms with E-state index >= 15 is 0 Å². The summed E-state index contributed by atoms with van der Waals surface area (Å²) in [5, 5.41) is 2.81. The number of nitrogens with one attached hydrogen (secondary N) is 1. The Morgan fingerprint density at radius 3 is 2.60 bits per heavy atom. The molecule has 1 aliphatic heterocycles. The fourth-order valence-corrected chi connectivity index (χ4v) is 3.68. The van der Waals surface area contributed by atoms with Gasteiger partial charge >= 0.3 is 0 Å². The van der Waals surface area contributed by atoms with Gasteiger partial charge in [-0.2, -0.15) is 0 Å². The highest BCUT2D eigenvalue weighted by Crippen LogP contribution is 2.31. The molecule has 0 saturated heterocycles. The van der Waals surface area contributed by atoms with Crippen molar-refractivity contribution in [2.75, 3.05) is 35.3 Å². The van der Waals surface area contributed by atoms with Crippen LogP contribution in [0.1, 0.15) is 12.0 Å². The molecule has 0 aromatic heterocycles. The molecule has 1 heterocycles. The Kier molecular flexibility index (Phi) is 4.67. The molecule has 0 atom stereocenters. The number of hydrogen-bond acceptors (Lipinski definition) is 5. The maximum absolute atomic E-state index is 12.4. The average molecular weight is 359 g/mol. The van der Waals surface area contributed by atoms with Crippen molar-refractivity contribution in [3.8, 4) is 0 Å². The van der Waals surface area contributed by atoms with Crippen LogP contribution in [-0.4, -0.2) is 33.7 Å². The van der Waals surface area contributed by atoms with E-state index in [1.54, 1.807) is 12.1 Å². The lowest BCUT2D eigenvalue weighted by Crippen LogP contribution is -2.37. The maximum Gasteiger partial charge on any atom is 0.243 e. The van der Waals surface area contributed by atoms with Crippen molar-refractivity contribution in [1.82, 2.24) is 0 Å². The Hall–Kier alpha value is -2.54. The molecule has 0 spiro atoms. The molecule has 132 valence electrons. The number of fused-ring (bicyclic) bond motifs is 1. The van der Waals surface area contributed by atoms with Crippen molar-refractivity contribution in [3.63, 3.8) is 0 Å². The Labute approximate surface area is 147 Å². The van der Waals surface area contributed by atoms with Crippen LogP contribution < -0.4 is 16.0 Å². The zero-order valence-corrected chi connectivity index (χ0v) is 14.8. The minimum atomic E-state index is -3.24. The molecule has 0 radical (unpaired) electrons. The minimum absolute atomic E-state index is 0.151. The zero-order chi connectivity index (χ0) is 18.0. The third-order valence-corrected chi connectivity index (χ3v) is 5.41. The largest absolute Gasteiger partial charge is 0.398 e. The molecule has 0 unspecified atom stereocenters. The molecule has 7 heteroatoms. The minimum Gasteiger partial charge on any atom is -0.398 e. The number of rotatable bonds is 4. The Balaban J connectivity index is 1.69. The predicted octanol–water partition coefficient (Wildman–Crippen LogP) is 2.06. The van der Waals surface area contributed by atoms with Crippen molar-refractivity contribution < 1.29 is 13.2 Å². The number of carbonyl (C=O) groups is 1. The van der Waals surface area contributed by atoms with E-state index in [2.05, 4.69) is 5.32 Å². The summed E-state index contributed by atoms with van der Waals surface area (Å²) in [6.45, 7) is 1.03. The normalized spacial score (nSPS) is 14.0. The average Bonchev–Trinajstić information content (AvgIpc) is 2.55. The number of nitrogens with zero attached hydrogens (tertiary/aromatic N) is 1. The van der Waals surface area contributed by atoms with Gasteiger partial charge in [0, 0.05) is 29.9 Å². The van der Waals surface area contributed by atoms with Crippen LogP contribution >= 0.6 is 0 Å². The number of nitrogens with two attached hydrogens (primary N) is 1. The summed E-state index contributed by atoms with van der Waals surface area (Å²) in [7, 11) is -3.24. The van der Waals surface area contributed by atoms with Crippen LogP contribution in [0.25, 0.3) is 0 Å². The highest BCUT2D eigenvalue weighted by Gasteiger charge is 2.20. The summed E-state index contributed by atoms with van der Waals surface area (Å²) in [5.41, 5.74) is 9.47. The van der Waals surface area contributed by atoms with Gasteiger partial charge in [-0.15, -0.1) is 0 Å². The monoisotopic (exact) mass is 359 g/mol. The molecule has 2 aromatic carbocycles. The predicted molar refractivity (Wildman–Crippen MR) is 99.6 cm³/mol. The van der Waals surface area contributed by atoms with Crippen LogP contribution in [-0.2, 0) is 21.1 Å². The quantitative estimate of drug-likeness (QED) is 0.815. The SMILES string of the molecule is CS(=O)(=O)c1ccc(NC(=O)CN2CCCc3c(N)cccc32)cc1. The summed E-state index contributed by atoms with van der Waals surface area (Å²) in [5.74, 6) is -0.151. The molecular weight excluding hydrogens is 338 g/mol. The first-order valence-corrected chi connectivity index (χ1v) is 9.96. The van der Waals surface area contributed by atoms with Gasteiger partial charge in [0.2, 0.25) is 5.91 Å². The van der Waals surface area contributed by atoms with Crippen LogP contribution in [0.2, 0.25) is 0 Å². The van der Waals surface area contributed by atoms with Crippen molar-refractivity contribution in [1.29, 1.82) is 0 Å². The third kappa shape index (κ3) is 3.93. The van der Waals surface area contributed by atoms with Gasteiger partial charge in [-0.25, -0.2) is 8.42 Å². The van der Waals surface area contributed by atoms with Gasteiger partial charge in [0.05, 0.1) is 11.4 Å². The van der Waals surface area contributed by atoms with Gasteiger partial charge in [-0.05, 0) is 54.8 Å². The molecule has 6 nitrogen and oxygen atoms in total. The van der Waals surface area contributed by atoms with E-state index in [-0.39, 0.29) is 17.3 Å². The number of nitrogen functional groups attached to an aromatic ring is 1. The van der Waals surface area contributed by atoms with E-state index in [1.165, 1.54) is 12.1 Å². The van der Waals surface area contributed by atoms with Crippen LogP contribution in [0.15, 0.2) is 47.4 Å². The lowest BCUT2D eigenvalue weighted by Gasteiger charge is -2.31. The molecule has 1 aliphatic rings. The van der Waals surface area contributed by atoms with Crippen molar-refractivity contribution in [2.24, 2.45) is 0 Å². The third-order valence-electron chi connectivity index (χ3n) is 4.28. The molecule has 0 aliphatic carbocycles. The first-order valence-electron chi connectivity index (χ1n) is 8.07. The second-order valence-electron chi connectivity index (χ2n) is 6.21. The Morgan fingerprint density at radius 2 is 1.92 bits per heavy atom. The summed E-state index contributed by atoms with van der Waals surface area (Å²) < 4.78 is 22.9. The topological polar surface area (TPSA) is 92.5 Å². The molecule has 0 fully saturated rings. The first-order chi connectivity index (χ1) is 11.8. The number of benzene rings is 2. The van der Waals surface area contributed by atoms with Crippen LogP contribution in [0.5, 0.6) is 0 Å². The van der Waals surface area contributed by atoms with Gasteiger partial charge in [0.15, 0.2) is 9.84 Å². The number of hydrogen-bond donors (Lipinski definition) is 2. The van der Waals surface area contributed by atoms with Gasteiger partial charge in [-0.1, -0.05) is 6.07 Å². The fourth-order valence-electron chi connectivity index (χ4n) is 3.05. The second kappa shape index (κ2) is 6.76. The van der Waals surface area contributed by atoms with Crippen molar-refractivity contribution >= 4 is 32.8 Å². The van der Waals surface area contributed by atoms with Crippen molar-refractivity contribution in [3.05, 3.63) is 48.0 Å². The molecular formula is C18H21N3O3S. The Morgan fingerprint density at radius 1 is 1.20 bits per heavy atom. The van der Waals surface area contributed by atoms with Gasteiger partial charge in [0.1, 0.15) is 0 Å². The lowest BCUT2D eigenvalue weighted by molar-refractivity contribution is -0.115. The van der Waals surface area contributed by atoms with Crippen LogP contribution in [0, 0.1) is 0 Å². The van der Waals surface area contributed by atoms with Crippen LogP contribution in [0.3, 0.4) is 0 Å². The zero-order valence-electron chi connectivity index (χ0n) is 14.0. The Bertz CT molecular complexity index is 892. The summed E-state index contributed by atoms with van der Waals surface area (Å²) >= 11 is 0. The van der Waals surface area contributed by atoms with Gasteiger partial charge in [-0.3, -0.25) is 4.79 Å². The maximum atomic E-state index is 12.4. The molecule has 3 rings (SSSR count). The molecule has 1 amide bonds. The summed E-state index contributed by atoms with van der Waals surface area (Å²) in [4.78, 5) is 14.6. The van der Waals surface area contributed by atoms with Gasteiger partial charge in [0.25, 0.3) is 0 Å². The number of sulfone groups is 1. The highest BCUT2D eigenvalue weighted by molar-refractivity contribution is 7.90. The molecule has 2 aromatic rings. The standard InChI is InChI=1S/C18H21N3O3S/c1-25(23,24)14-9-7-13(8-10-14)20-18(22)12-21-11-3-4-15-16(19)5-2-6-17(15)21/h2,5-10H,3-4,11-12,19H2,1H3,(H,20,22). The number of anilines is 3. The fraction of sp³-hybridized carbons (Fsp3) is 0.278. The summed E-state index contributed by atoms with van der Waals surface area (Å²) in [6.07, 6.45) is 3.03. The van der Waals surface area contributed by atoms with Crippen LogP contribution in [0.4, 0.5) is 17.1 Å². The van der Waals surface area contributed by atoms with E-state index in [4.69, 9.17) is 5.73 Å². The van der Waals surface area contributed by atoms with E-state index in [0.717, 1.165) is 42.6 Å². The van der Waals surface area contributed by atoms with E-state index in [9.17, 15) is 13.2 Å². The lowest BCUT2D eigenvalue weighted by atomic mass is 10.00. The molecule has 3 N–H and O–H groups in total. The number of amides is 1. The van der Waals surface area contributed by atoms with Gasteiger partial charge < -0.3 is 16.0 Å². The molecule has 0 saturated carbocycles. The number of carbonyl (C=O) groups excluding carboxylic acids is 1. The smallest absolute Gasteiger partial charge is 0.243 e. The second-order valence-corrected chi connectivity index (χ2v) is 8.23. The van der Waals surface area contributed by atoms with Crippen molar-refractivity contribution in [2.45, 2.75) is 17.7 Å². The van der Waals surface area contributed by atoms with E-state index in [1.807, 2.05) is 23.1 Å². The molecule has 25 heavy (non-hydrogen) atoms. The highest BCUT2D eigenvalue weighted by atomic mass is 32.2. The first kappa shape index (κ1) is 17.3. The summed E-state index contributed by atoms with van der Waals surface area (Å²) in [6, 6.07) is 11.9. The molecule has 0 bridgehead atoms.